The summed E-state index contributed by atoms with van der Waals surface area (Å²) in [5, 5.41) is 9.83. The maximum absolute atomic E-state index is 13.0. The fraction of sp³-hybridized carbons (Fsp3) is 0.500. The molecule has 22 heavy (non-hydrogen) atoms. The van der Waals surface area contributed by atoms with Gasteiger partial charge in [0.25, 0.3) is 0 Å². The maximum atomic E-state index is 13.0. The zero-order valence-corrected chi connectivity index (χ0v) is 13.3. The first-order valence-corrected chi connectivity index (χ1v) is 8.67. The molecule has 1 aliphatic heterocycles. The van der Waals surface area contributed by atoms with E-state index in [0.717, 1.165) is 10.6 Å². The Bertz CT molecular complexity index is 647. The molecule has 0 saturated carbocycles. The third kappa shape index (κ3) is 3.82. The number of carbonyl (C=O) groups excluding carboxylic acids is 1. The molecule has 1 N–H and O–H groups in total. The third-order valence-electron chi connectivity index (χ3n) is 3.78. The molecule has 0 unspecified atom stereocenters. The molecule has 1 aliphatic rings. The van der Waals surface area contributed by atoms with Crippen molar-refractivity contribution in [3.05, 3.63) is 35.6 Å². The zero-order valence-electron chi connectivity index (χ0n) is 12.4. The number of carbonyl (C=O) groups is 1. The molecule has 6 nitrogen and oxygen atoms in total. The molecule has 0 radical (unpaired) electrons. The molecule has 2 atom stereocenters. The minimum atomic E-state index is -3.45. The molecule has 1 heterocycles. The van der Waals surface area contributed by atoms with Crippen LogP contribution in [0.4, 0.5) is 4.39 Å². The lowest BCUT2D eigenvalue weighted by atomic mass is 10.0. The van der Waals surface area contributed by atoms with Crippen LogP contribution in [0.2, 0.25) is 0 Å². The van der Waals surface area contributed by atoms with E-state index in [2.05, 4.69) is 0 Å². The maximum Gasteiger partial charge on any atom is 0.238 e. The lowest BCUT2D eigenvalue weighted by Crippen LogP contribution is -2.41. The van der Waals surface area contributed by atoms with E-state index in [1.54, 1.807) is 12.1 Å². The van der Waals surface area contributed by atoms with E-state index in [4.69, 9.17) is 0 Å². The predicted octanol–water partition coefficient (Wildman–Crippen LogP) is 0.351. The fourth-order valence-electron chi connectivity index (χ4n) is 2.49. The first-order valence-electron chi connectivity index (χ1n) is 6.83. The van der Waals surface area contributed by atoms with Crippen molar-refractivity contribution >= 4 is 15.9 Å². The fourth-order valence-corrected chi connectivity index (χ4v) is 2.83. The summed E-state index contributed by atoms with van der Waals surface area (Å²) >= 11 is 0. The first kappa shape index (κ1) is 16.9. The number of halogens is 1. The highest BCUT2D eigenvalue weighted by Gasteiger charge is 2.36. The third-order valence-corrected chi connectivity index (χ3v) is 5.04. The van der Waals surface area contributed by atoms with E-state index >= 15 is 0 Å². The highest BCUT2D eigenvalue weighted by Crippen LogP contribution is 2.32. The van der Waals surface area contributed by atoms with Gasteiger partial charge in [-0.05, 0) is 24.1 Å². The number of hydrogen-bond acceptors (Lipinski definition) is 4. The quantitative estimate of drug-likeness (QED) is 0.864. The van der Waals surface area contributed by atoms with Gasteiger partial charge < -0.3 is 10.0 Å². The molecule has 1 saturated heterocycles. The Morgan fingerprint density at radius 2 is 2.00 bits per heavy atom. The number of amides is 1. The van der Waals surface area contributed by atoms with Crippen LogP contribution >= 0.6 is 0 Å². The molecule has 8 heteroatoms. The largest absolute Gasteiger partial charge is 0.391 e. The van der Waals surface area contributed by atoms with Gasteiger partial charge in [-0.2, -0.15) is 4.31 Å². The van der Waals surface area contributed by atoms with Crippen LogP contribution in [0.1, 0.15) is 18.0 Å². The second kappa shape index (κ2) is 6.31. The Kier molecular flexibility index (Phi) is 4.84. The summed E-state index contributed by atoms with van der Waals surface area (Å²) in [7, 11) is -2.13. The monoisotopic (exact) mass is 330 g/mol. The number of likely N-dealkylation sites (N-methyl/N-ethyl adjacent to an activating group) is 1. The second-order valence-electron chi connectivity index (χ2n) is 5.52. The van der Waals surface area contributed by atoms with Gasteiger partial charge in [0.1, 0.15) is 5.82 Å². The molecule has 1 fully saturated rings. The molecule has 122 valence electrons. The molecule has 2 rings (SSSR count). The van der Waals surface area contributed by atoms with Crippen molar-refractivity contribution in [3.8, 4) is 0 Å². The SMILES string of the molecule is CN(CC(=O)N1C[C@H](O)C[C@H]1c1ccc(F)cc1)S(C)(=O)=O. The van der Waals surface area contributed by atoms with Gasteiger partial charge in [-0.3, -0.25) is 4.79 Å². The van der Waals surface area contributed by atoms with Gasteiger partial charge >= 0.3 is 0 Å². The lowest BCUT2D eigenvalue weighted by molar-refractivity contribution is -0.132. The molecule has 0 bridgehead atoms. The highest BCUT2D eigenvalue weighted by molar-refractivity contribution is 7.88. The van der Waals surface area contributed by atoms with Crippen LogP contribution in [0.25, 0.3) is 0 Å². The van der Waals surface area contributed by atoms with Crippen molar-refractivity contribution in [2.24, 2.45) is 0 Å². The van der Waals surface area contributed by atoms with Crippen LogP contribution in [-0.4, -0.2) is 61.1 Å². The van der Waals surface area contributed by atoms with E-state index < -0.39 is 16.1 Å². The summed E-state index contributed by atoms with van der Waals surface area (Å²) in [5.41, 5.74) is 0.716. The van der Waals surface area contributed by atoms with Gasteiger partial charge in [-0.15, -0.1) is 0 Å². The number of nitrogens with zero attached hydrogens (tertiary/aromatic N) is 2. The number of rotatable bonds is 4. The van der Waals surface area contributed by atoms with Gasteiger partial charge in [0, 0.05) is 13.6 Å². The molecule has 1 amide bonds. The normalized spacial score (nSPS) is 22.3. The standard InChI is InChI=1S/C14H19FN2O4S/c1-16(22(2,20)21)9-14(19)17-8-12(18)7-13(17)10-3-5-11(15)6-4-10/h3-6,12-13,18H,7-9H2,1-2H3/t12-,13+/m1/s1. The number of likely N-dealkylation sites (tertiary alicyclic amines) is 1. The van der Waals surface area contributed by atoms with Gasteiger partial charge in [0.15, 0.2) is 0 Å². The van der Waals surface area contributed by atoms with Gasteiger partial charge in [-0.1, -0.05) is 12.1 Å². The lowest BCUT2D eigenvalue weighted by Gasteiger charge is -2.26. The number of β-amino-alcohol motifs (C(OH)–C–C–N with tert-alkyl or cyclic N) is 1. The van der Waals surface area contributed by atoms with Crippen molar-refractivity contribution in [2.75, 3.05) is 26.4 Å². The van der Waals surface area contributed by atoms with Crippen LogP contribution in [-0.2, 0) is 14.8 Å². The number of benzene rings is 1. The number of aliphatic hydroxyl groups excluding tert-OH is 1. The highest BCUT2D eigenvalue weighted by atomic mass is 32.2. The Hall–Kier alpha value is -1.51. The molecular formula is C14H19FN2O4S. The Morgan fingerprint density at radius 3 is 2.55 bits per heavy atom. The molecule has 0 aliphatic carbocycles. The van der Waals surface area contributed by atoms with Crippen molar-refractivity contribution in [1.82, 2.24) is 9.21 Å². The Labute approximate surface area is 129 Å². The minimum absolute atomic E-state index is 0.137. The summed E-state index contributed by atoms with van der Waals surface area (Å²) < 4.78 is 36.8. The van der Waals surface area contributed by atoms with Gasteiger partial charge in [0.2, 0.25) is 15.9 Å². The molecule has 1 aromatic rings. The van der Waals surface area contributed by atoms with Crippen molar-refractivity contribution < 1.29 is 22.7 Å². The smallest absolute Gasteiger partial charge is 0.238 e. The van der Waals surface area contributed by atoms with Crippen LogP contribution < -0.4 is 0 Å². The van der Waals surface area contributed by atoms with Crippen molar-refractivity contribution in [3.63, 3.8) is 0 Å². The van der Waals surface area contributed by atoms with E-state index in [0.29, 0.717) is 12.0 Å². The Morgan fingerprint density at radius 1 is 1.41 bits per heavy atom. The number of sulfonamides is 1. The van der Waals surface area contributed by atoms with E-state index in [1.807, 2.05) is 0 Å². The number of aliphatic hydroxyl groups is 1. The summed E-state index contributed by atoms with van der Waals surface area (Å²) in [5.74, 6) is -0.768. The molecule has 1 aromatic carbocycles. The van der Waals surface area contributed by atoms with Gasteiger partial charge in [0.05, 0.1) is 24.9 Å². The molecule has 0 aromatic heterocycles. The van der Waals surface area contributed by atoms with Crippen LogP contribution in [0.5, 0.6) is 0 Å². The van der Waals surface area contributed by atoms with Crippen LogP contribution in [0.15, 0.2) is 24.3 Å². The average molecular weight is 330 g/mol. The summed E-state index contributed by atoms with van der Waals surface area (Å²) in [6, 6.07) is 5.35. The zero-order chi connectivity index (χ0) is 16.5. The molecule has 0 spiro atoms. The minimum Gasteiger partial charge on any atom is -0.391 e. The topological polar surface area (TPSA) is 77.9 Å². The molecular weight excluding hydrogens is 311 g/mol. The van der Waals surface area contributed by atoms with Gasteiger partial charge in [-0.25, -0.2) is 12.8 Å². The van der Waals surface area contributed by atoms with Crippen LogP contribution in [0, 0.1) is 5.82 Å². The second-order valence-corrected chi connectivity index (χ2v) is 7.61. The van der Waals surface area contributed by atoms with E-state index in [9.17, 15) is 22.7 Å². The van der Waals surface area contributed by atoms with Crippen LogP contribution in [0.3, 0.4) is 0 Å². The average Bonchev–Trinajstić information content (AvgIpc) is 2.80. The Balaban J connectivity index is 2.17. The first-order chi connectivity index (χ1) is 10.2. The van der Waals surface area contributed by atoms with Crippen molar-refractivity contribution in [2.45, 2.75) is 18.6 Å². The van der Waals surface area contributed by atoms with E-state index in [1.165, 1.54) is 24.1 Å². The summed E-state index contributed by atoms with van der Waals surface area (Å²) in [6.07, 6.45) is 0.693. The van der Waals surface area contributed by atoms with Crippen molar-refractivity contribution in [1.29, 1.82) is 0 Å². The van der Waals surface area contributed by atoms with E-state index in [-0.39, 0.29) is 30.9 Å². The summed E-state index contributed by atoms with van der Waals surface area (Å²) in [6.45, 7) is -0.151. The predicted molar refractivity (Wildman–Crippen MR) is 79.0 cm³/mol. The number of hydrogen-bond donors (Lipinski definition) is 1. The summed E-state index contributed by atoms with van der Waals surface area (Å²) in [4.78, 5) is 13.8.